The number of carbonyl (C=O) groups excluding carboxylic acids is 2. The zero-order chi connectivity index (χ0) is 14.3. The molecule has 0 aromatic rings. The maximum atomic E-state index is 11.7. The third-order valence-electron chi connectivity index (χ3n) is 2.91. The number of thioether (sulfide) groups is 1. The Bertz CT molecular complexity index is 343. The number of hydrogen-bond acceptors (Lipinski definition) is 4. The van der Waals surface area contributed by atoms with Gasteiger partial charge in [0.05, 0.1) is 5.75 Å². The number of carbonyl (C=O) groups is 3. The Kier molecular flexibility index (Phi) is 6.69. The van der Waals surface area contributed by atoms with Crippen LogP contribution in [-0.2, 0) is 14.4 Å². The van der Waals surface area contributed by atoms with Crippen LogP contribution in [0.5, 0.6) is 0 Å². The van der Waals surface area contributed by atoms with Gasteiger partial charge in [0.25, 0.3) is 0 Å². The van der Waals surface area contributed by atoms with E-state index in [9.17, 15) is 14.4 Å². The van der Waals surface area contributed by atoms with Crippen LogP contribution in [0.3, 0.4) is 0 Å². The molecule has 6 nitrogen and oxygen atoms in total. The first-order valence-corrected chi connectivity index (χ1v) is 7.51. The minimum Gasteiger partial charge on any atom is -0.480 e. The van der Waals surface area contributed by atoms with Gasteiger partial charge >= 0.3 is 5.97 Å². The second-order valence-electron chi connectivity index (χ2n) is 4.52. The van der Waals surface area contributed by atoms with Crippen molar-refractivity contribution in [2.24, 2.45) is 0 Å². The summed E-state index contributed by atoms with van der Waals surface area (Å²) >= 11 is 1.42. The molecule has 1 fully saturated rings. The Morgan fingerprint density at radius 1 is 1.32 bits per heavy atom. The van der Waals surface area contributed by atoms with Crippen molar-refractivity contribution < 1.29 is 19.5 Å². The third-order valence-corrected chi connectivity index (χ3v) is 3.89. The molecular weight excluding hydrogens is 268 g/mol. The summed E-state index contributed by atoms with van der Waals surface area (Å²) in [5, 5.41) is 11.3. The van der Waals surface area contributed by atoms with Crippen molar-refractivity contribution >= 4 is 29.5 Å². The topological polar surface area (TPSA) is 86.7 Å². The molecule has 19 heavy (non-hydrogen) atoms. The highest BCUT2D eigenvalue weighted by atomic mass is 32.2. The molecule has 0 bridgehead atoms. The quantitative estimate of drug-likeness (QED) is 0.659. The highest BCUT2D eigenvalue weighted by Gasteiger charge is 2.20. The van der Waals surface area contributed by atoms with Crippen molar-refractivity contribution in [2.45, 2.75) is 32.2 Å². The molecule has 1 aliphatic rings. The Labute approximate surface area is 116 Å². The highest BCUT2D eigenvalue weighted by molar-refractivity contribution is 7.99. The summed E-state index contributed by atoms with van der Waals surface area (Å²) in [6.07, 6.45) is 2.47. The number of carboxylic acid groups (broad SMARTS) is 1. The van der Waals surface area contributed by atoms with Gasteiger partial charge < -0.3 is 15.3 Å². The molecule has 0 aromatic heterocycles. The lowest BCUT2D eigenvalue weighted by Gasteiger charge is -2.15. The largest absolute Gasteiger partial charge is 0.480 e. The predicted octanol–water partition coefficient (Wildman–Crippen LogP) is 0.321. The molecule has 7 heteroatoms. The van der Waals surface area contributed by atoms with E-state index >= 15 is 0 Å². The summed E-state index contributed by atoms with van der Waals surface area (Å²) in [7, 11) is 0. The molecule has 1 heterocycles. The molecule has 1 saturated heterocycles. The zero-order valence-electron chi connectivity index (χ0n) is 11.1. The average Bonchev–Trinajstić information content (AvgIpc) is 2.85. The van der Waals surface area contributed by atoms with Crippen LogP contribution in [0.15, 0.2) is 0 Å². The normalized spacial score (nSPS) is 16.2. The number of amides is 2. The molecule has 108 valence electrons. The first-order chi connectivity index (χ1) is 9.00. The van der Waals surface area contributed by atoms with E-state index in [-0.39, 0.29) is 11.8 Å². The smallest absolute Gasteiger partial charge is 0.326 e. The molecule has 2 amide bonds. The number of aliphatic carboxylic acids is 1. The van der Waals surface area contributed by atoms with Crippen molar-refractivity contribution in [1.82, 2.24) is 10.2 Å². The van der Waals surface area contributed by atoms with Gasteiger partial charge in [-0.3, -0.25) is 9.59 Å². The highest BCUT2D eigenvalue weighted by Crippen LogP contribution is 2.12. The fourth-order valence-corrected chi connectivity index (χ4v) is 2.83. The maximum Gasteiger partial charge on any atom is 0.326 e. The number of nitrogens with one attached hydrogen (secondary N) is 1. The zero-order valence-corrected chi connectivity index (χ0v) is 11.9. The van der Waals surface area contributed by atoms with Gasteiger partial charge in [0.2, 0.25) is 11.8 Å². The molecule has 1 unspecified atom stereocenters. The van der Waals surface area contributed by atoms with Crippen LogP contribution in [0, 0.1) is 0 Å². The van der Waals surface area contributed by atoms with Gasteiger partial charge in [0.15, 0.2) is 0 Å². The summed E-state index contributed by atoms with van der Waals surface area (Å²) in [4.78, 5) is 35.3. The molecule has 1 atom stereocenters. The summed E-state index contributed by atoms with van der Waals surface area (Å²) in [5.41, 5.74) is 0. The van der Waals surface area contributed by atoms with E-state index < -0.39 is 12.0 Å². The number of carboxylic acids is 1. The van der Waals surface area contributed by atoms with Crippen LogP contribution in [0.25, 0.3) is 0 Å². The summed E-state index contributed by atoms with van der Waals surface area (Å²) in [6, 6.07) is -0.869. The Morgan fingerprint density at radius 3 is 2.47 bits per heavy atom. The fourth-order valence-electron chi connectivity index (χ4n) is 1.92. The molecule has 0 aromatic carbocycles. The third kappa shape index (κ3) is 5.96. The summed E-state index contributed by atoms with van der Waals surface area (Å²) < 4.78 is 0. The lowest BCUT2D eigenvalue weighted by atomic mass is 10.2. The van der Waals surface area contributed by atoms with Crippen LogP contribution >= 0.6 is 11.8 Å². The van der Waals surface area contributed by atoms with Gasteiger partial charge in [-0.05, 0) is 25.0 Å². The van der Waals surface area contributed by atoms with Crippen molar-refractivity contribution in [3.63, 3.8) is 0 Å². The maximum absolute atomic E-state index is 11.7. The first kappa shape index (κ1) is 15.8. The molecule has 1 aliphatic heterocycles. The van der Waals surface area contributed by atoms with Gasteiger partial charge in [-0.15, -0.1) is 0 Å². The van der Waals surface area contributed by atoms with E-state index in [1.54, 1.807) is 0 Å². The Balaban J connectivity index is 2.19. The Hall–Kier alpha value is -1.24. The molecule has 0 saturated carbocycles. The fraction of sp³-hybridized carbons (Fsp3) is 0.750. The minimum absolute atomic E-state index is 0.119. The first-order valence-electron chi connectivity index (χ1n) is 6.36. The van der Waals surface area contributed by atoms with Crippen molar-refractivity contribution in [3.8, 4) is 0 Å². The number of likely N-dealkylation sites (tertiary alicyclic amines) is 1. The minimum atomic E-state index is -1.04. The van der Waals surface area contributed by atoms with E-state index in [1.807, 2.05) is 4.90 Å². The van der Waals surface area contributed by atoms with Gasteiger partial charge in [-0.1, -0.05) is 0 Å². The van der Waals surface area contributed by atoms with Crippen molar-refractivity contribution in [1.29, 1.82) is 0 Å². The number of hydrogen-bond donors (Lipinski definition) is 2. The van der Waals surface area contributed by atoms with E-state index in [4.69, 9.17) is 5.11 Å². The lowest BCUT2D eigenvalue weighted by Crippen LogP contribution is -2.40. The van der Waals surface area contributed by atoms with Crippen LogP contribution in [0.1, 0.15) is 26.2 Å². The molecule has 1 rings (SSSR count). The van der Waals surface area contributed by atoms with Crippen LogP contribution in [-0.4, -0.2) is 58.4 Å². The van der Waals surface area contributed by atoms with Crippen LogP contribution in [0.4, 0.5) is 0 Å². The predicted molar refractivity (Wildman–Crippen MR) is 73.0 cm³/mol. The monoisotopic (exact) mass is 288 g/mol. The second-order valence-corrected chi connectivity index (χ2v) is 5.63. The lowest BCUT2D eigenvalue weighted by molar-refractivity contribution is -0.141. The van der Waals surface area contributed by atoms with Crippen LogP contribution < -0.4 is 5.32 Å². The summed E-state index contributed by atoms with van der Waals surface area (Å²) in [5.74, 6) is -0.357. The number of nitrogens with zero attached hydrogens (tertiary/aromatic N) is 1. The second kappa shape index (κ2) is 8.04. The van der Waals surface area contributed by atoms with Gasteiger partial charge in [0.1, 0.15) is 6.04 Å². The van der Waals surface area contributed by atoms with Gasteiger partial charge in [-0.2, -0.15) is 11.8 Å². The molecular formula is C12H20N2O4S. The molecule has 0 radical (unpaired) electrons. The van der Waals surface area contributed by atoms with E-state index in [1.165, 1.54) is 18.7 Å². The van der Waals surface area contributed by atoms with Gasteiger partial charge in [0, 0.05) is 20.0 Å². The van der Waals surface area contributed by atoms with E-state index in [0.29, 0.717) is 17.9 Å². The molecule has 0 spiro atoms. The van der Waals surface area contributed by atoms with Gasteiger partial charge in [-0.25, -0.2) is 4.79 Å². The van der Waals surface area contributed by atoms with E-state index in [2.05, 4.69) is 5.32 Å². The Morgan fingerprint density at radius 2 is 1.95 bits per heavy atom. The standard InChI is InChI=1S/C12H20N2O4S/c1-9(15)13-10(12(17)18)4-7-19-8-11(16)14-5-2-3-6-14/h10H,2-8H2,1H3,(H,13,15)(H,17,18). The number of rotatable bonds is 7. The molecule has 0 aliphatic carbocycles. The van der Waals surface area contributed by atoms with Crippen molar-refractivity contribution in [3.05, 3.63) is 0 Å². The average molecular weight is 288 g/mol. The summed E-state index contributed by atoms with van der Waals surface area (Å²) in [6.45, 7) is 2.96. The van der Waals surface area contributed by atoms with E-state index in [0.717, 1.165) is 25.9 Å². The van der Waals surface area contributed by atoms with Crippen LogP contribution in [0.2, 0.25) is 0 Å². The molecule has 2 N–H and O–H groups in total. The van der Waals surface area contributed by atoms with Crippen molar-refractivity contribution in [2.75, 3.05) is 24.6 Å². The SMILES string of the molecule is CC(=O)NC(CCSCC(=O)N1CCCC1)C(=O)O.